The van der Waals surface area contributed by atoms with Crippen molar-refractivity contribution >= 4 is 16.7 Å². The summed E-state index contributed by atoms with van der Waals surface area (Å²) in [5, 5.41) is 2.74. The summed E-state index contributed by atoms with van der Waals surface area (Å²) in [6.45, 7) is 3.56. The molecule has 1 amide bonds. The van der Waals surface area contributed by atoms with Gasteiger partial charge in [-0.25, -0.2) is 0 Å². The topological polar surface area (TPSA) is 55.4 Å². The van der Waals surface area contributed by atoms with Crippen LogP contribution in [0.1, 0.15) is 17.3 Å². The Kier molecular flexibility index (Phi) is 5.86. The van der Waals surface area contributed by atoms with E-state index in [1.165, 1.54) is 0 Å². The zero-order chi connectivity index (χ0) is 12.7. The van der Waals surface area contributed by atoms with Crippen LogP contribution in [0, 0.1) is 0 Å². The van der Waals surface area contributed by atoms with Crippen LogP contribution < -0.4 is 5.32 Å². The molecule has 0 saturated heterocycles. The molecule has 0 aliphatic heterocycles. The standard InChI is InChI=1S/C12H17NO3S/c1-3-16-9-8-13-12(14)10-4-6-11(7-5-10)17(2)15/h4-7H,3,8-9H2,1-2H3,(H,13,14). The van der Waals surface area contributed by atoms with Gasteiger partial charge in [0.25, 0.3) is 5.91 Å². The highest BCUT2D eigenvalue weighted by Gasteiger charge is 2.05. The molecule has 1 rings (SSSR count). The van der Waals surface area contributed by atoms with Crippen LogP contribution in [0.15, 0.2) is 29.2 Å². The Labute approximate surface area is 104 Å². The molecule has 1 unspecified atom stereocenters. The molecule has 1 N–H and O–H groups in total. The maximum atomic E-state index is 11.6. The minimum absolute atomic E-state index is 0.141. The van der Waals surface area contributed by atoms with Crippen molar-refractivity contribution in [3.05, 3.63) is 29.8 Å². The quantitative estimate of drug-likeness (QED) is 0.777. The zero-order valence-electron chi connectivity index (χ0n) is 10.1. The molecular weight excluding hydrogens is 238 g/mol. The van der Waals surface area contributed by atoms with Crippen LogP contribution in [0.25, 0.3) is 0 Å². The van der Waals surface area contributed by atoms with Crippen LogP contribution in [0.4, 0.5) is 0 Å². The molecule has 0 bridgehead atoms. The Balaban J connectivity index is 2.49. The number of hydrogen-bond donors (Lipinski definition) is 1. The van der Waals surface area contributed by atoms with Gasteiger partial charge in [-0.1, -0.05) is 0 Å². The molecule has 0 spiro atoms. The summed E-state index contributed by atoms with van der Waals surface area (Å²) in [4.78, 5) is 12.4. The van der Waals surface area contributed by atoms with E-state index in [1.54, 1.807) is 30.5 Å². The lowest BCUT2D eigenvalue weighted by molar-refractivity contribution is 0.0922. The SMILES string of the molecule is CCOCCNC(=O)c1ccc(S(C)=O)cc1. The van der Waals surface area contributed by atoms with Crippen molar-refractivity contribution in [2.45, 2.75) is 11.8 Å². The summed E-state index contributed by atoms with van der Waals surface area (Å²) < 4.78 is 16.3. The van der Waals surface area contributed by atoms with Crippen molar-refractivity contribution in [2.75, 3.05) is 26.0 Å². The summed E-state index contributed by atoms with van der Waals surface area (Å²) in [6.07, 6.45) is 1.61. The molecule has 1 aromatic rings. The Morgan fingerprint density at radius 3 is 2.53 bits per heavy atom. The van der Waals surface area contributed by atoms with Crippen molar-refractivity contribution in [3.63, 3.8) is 0 Å². The van der Waals surface area contributed by atoms with Gasteiger partial charge < -0.3 is 10.1 Å². The largest absolute Gasteiger partial charge is 0.380 e. The fraction of sp³-hybridized carbons (Fsp3) is 0.417. The number of carbonyl (C=O) groups is 1. The molecule has 1 atom stereocenters. The molecule has 4 nitrogen and oxygen atoms in total. The molecule has 0 radical (unpaired) electrons. The van der Waals surface area contributed by atoms with Crippen LogP contribution in [0.5, 0.6) is 0 Å². The summed E-state index contributed by atoms with van der Waals surface area (Å²) in [5.74, 6) is -0.141. The second kappa shape index (κ2) is 7.19. The van der Waals surface area contributed by atoms with Gasteiger partial charge in [-0.15, -0.1) is 0 Å². The second-order valence-electron chi connectivity index (χ2n) is 3.43. The number of benzene rings is 1. The predicted molar refractivity (Wildman–Crippen MR) is 67.6 cm³/mol. The van der Waals surface area contributed by atoms with Gasteiger partial charge in [0.2, 0.25) is 0 Å². The first kappa shape index (κ1) is 13.9. The first-order chi connectivity index (χ1) is 8.15. The number of amides is 1. The van der Waals surface area contributed by atoms with Crippen LogP contribution in [0.3, 0.4) is 0 Å². The zero-order valence-corrected chi connectivity index (χ0v) is 10.9. The van der Waals surface area contributed by atoms with Gasteiger partial charge >= 0.3 is 0 Å². The fourth-order valence-corrected chi connectivity index (χ4v) is 1.80. The van der Waals surface area contributed by atoms with E-state index in [2.05, 4.69) is 5.32 Å². The van der Waals surface area contributed by atoms with Gasteiger partial charge in [-0.05, 0) is 31.2 Å². The predicted octanol–water partition coefficient (Wildman–Crippen LogP) is 1.19. The van der Waals surface area contributed by atoms with E-state index in [0.717, 1.165) is 4.90 Å². The maximum Gasteiger partial charge on any atom is 0.251 e. The number of hydrogen-bond acceptors (Lipinski definition) is 3. The van der Waals surface area contributed by atoms with Crippen molar-refractivity contribution in [3.8, 4) is 0 Å². The number of nitrogens with one attached hydrogen (secondary N) is 1. The number of carbonyl (C=O) groups excluding carboxylic acids is 1. The van der Waals surface area contributed by atoms with Crippen LogP contribution in [0.2, 0.25) is 0 Å². The summed E-state index contributed by atoms with van der Waals surface area (Å²) in [7, 11) is -1.01. The van der Waals surface area contributed by atoms with E-state index in [-0.39, 0.29) is 5.91 Å². The molecule has 1 aromatic carbocycles. The Bertz CT molecular complexity index is 389. The summed E-state index contributed by atoms with van der Waals surface area (Å²) in [6, 6.07) is 6.75. The van der Waals surface area contributed by atoms with E-state index in [0.29, 0.717) is 25.3 Å². The van der Waals surface area contributed by atoms with Crippen molar-refractivity contribution in [2.24, 2.45) is 0 Å². The van der Waals surface area contributed by atoms with E-state index >= 15 is 0 Å². The average molecular weight is 255 g/mol. The van der Waals surface area contributed by atoms with Gasteiger partial charge in [0, 0.05) is 40.7 Å². The van der Waals surface area contributed by atoms with E-state index in [1.807, 2.05) is 6.92 Å². The van der Waals surface area contributed by atoms with Gasteiger partial charge in [0.1, 0.15) is 0 Å². The fourth-order valence-electron chi connectivity index (χ4n) is 1.28. The monoisotopic (exact) mass is 255 g/mol. The van der Waals surface area contributed by atoms with Crippen LogP contribution >= 0.6 is 0 Å². The Morgan fingerprint density at radius 1 is 1.35 bits per heavy atom. The second-order valence-corrected chi connectivity index (χ2v) is 4.81. The first-order valence-electron chi connectivity index (χ1n) is 5.44. The third-order valence-electron chi connectivity index (χ3n) is 2.18. The van der Waals surface area contributed by atoms with E-state index in [9.17, 15) is 9.00 Å². The van der Waals surface area contributed by atoms with Crippen LogP contribution in [-0.2, 0) is 15.5 Å². The van der Waals surface area contributed by atoms with Gasteiger partial charge in [0.15, 0.2) is 0 Å². The third-order valence-corrected chi connectivity index (χ3v) is 3.12. The molecule has 0 heterocycles. The lowest BCUT2D eigenvalue weighted by atomic mass is 10.2. The van der Waals surface area contributed by atoms with Gasteiger partial charge in [-0.3, -0.25) is 9.00 Å². The van der Waals surface area contributed by atoms with E-state index < -0.39 is 10.8 Å². The van der Waals surface area contributed by atoms with Gasteiger partial charge in [0.05, 0.1) is 6.61 Å². The van der Waals surface area contributed by atoms with Crippen molar-refractivity contribution in [1.82, 2.24) is 5.32 Å². The number of rotatable bonds is 6. The molecule has 17 heavy (non-hydrogen) atoms. The lowest BCUT2D eigenvalue weighted by Gasteiger charge is -2.05. The van der Waals surface area contributed by atoms with Crippen molar-refractivity contribution in [1.29, 1.82) is 0 Å². The highest BCUT2D eigenvalue weighted by Crippen LogP contribution is 2.07. The summed E-state index contributed by atoms with van der Waals surface area (Å²) in [5.41, 5.74) is 0.565. The first-order valence-corrected chi connectivity index (χ1v) is 7.00. The van der Waals surface area contributed by atoms with E-state index in [4.69, 9.17) is 4.74 Å². The summed E-state index contributed by atoms with van der Waals surface area (Å²) >= 11 is 0. The normalized spacial score (nSPS) is 12.1. The Morgan fingerprint density at radius 2 is 2.00 bits per heavy atom. The minimum atomic E-state index is -1.01. The minimum Gasteiger partial charge on any atom is -0.380 e. The van der Waals surface area contributed by atoms with Crippen LogP contribution in [-0.4, -0.2) is 36.1 Å². The molecule has 0 fully saturated rings. The van der Waals surface area contributed by atoms with Crippen molar-refractivity contribution < 1.29 is 13.7 Å². The highest BCUT2D eigenvalue weighted by molar-refractivity contribution is 7.84. The third kappa shape index (κ3) is 4.66. The molecular formula is C12H17NO3S. The average Bonchev–Trinajstić information content (AvgIpc) is 2.34. The molecule has 94 valence electrons. The molecule has 0 saturated carbocycles. The van der Waals surface area contributed by atoms with Gasteiger partial charge in [-0.2, -0.15) is 0 Å². The number of ether oxygens (including phenoxy) is 1. The highest BCUT2D eigenvalue weighted by atomic mass is 32.2. The molecule has 0 aromatic heterocycles. The Hall–Kier alpha value is -1.20. The molecule has 0 aliphatic carbocycles. The lowest BCUT2D eigenvalue weighted by Crippen LogP contribution is -2.27. The molecule has 0 aliphatic rings. The maximum absolute atomic E-state index is 11.6. The smallest absolute Gasteiger partial charge is 0.251 e. The molecule has 5 heteroatoms.